The van der Waals surface area contributed by atoms with Crippen molar-refractivity contribution in [2.24, 2.45) is 11.1 Å². The fourth-order valence-corrected chi connectivity index (χ4v) is 3.03. The highest BCUT2D eigenvalue weighted by atomic mass is 35.5. The number of anilines is 1. The first kappa shape index (κ1) is 19.8. The summed E-state index contributed by atoms with van der Waals surface area (Å²) >= 11 is 0. The molecule has 0 bridgehead atoms. The molecular weight excluding hydrogens is 312 g/mol. The molecule has 0 saturated heterocycles. The molecule has 1 aromatic carbocycles. The SMILES string of the molecule is CCC(CC)(CN)C(=O)Nc1ccc(OC2CCCC2)cc1.Cl. The standard InChI is InChI=1S/C18H28N2O2.ClH/c1-3-18(4-2,13-19)17(21)20-14-9-11-16(12-10-14)22-15-7-5-6-8-15;/h9-12,15H,3-8,13,19H2,1-2H3,(H,20,21);1H. The summed E-state index contributed by atoms with van der Waals surface area (Å²) < 4.78 is 5.93. The summed E-state index contributed by atoms with van der Waals surface area (Å²) in [6.45, 7) is 4.39. The van der Waals surface area contributed by atoms with Gasteiger partial charge in [-0.25, -0.2) is 0 Å². The van der Waals surface area contributed by atoms with E-state index >= 15 is 0 Å². The molecule has 1 aliphatic rings. The van der Waals surface area contributed by atoms with Crippen LogP contribution in [0.15, 0.2) is 24.3 Å². The summed E-state index contributed by atoms with van der Waals surface area (Å²) in [4.78, 5) is 12.5. The van der Waals surface area contributed by atoms with Crippen LogP contribution in [0.1, 0.15) is 52.4 Å². The van der Waals surface area contributed by atoms with Crippen molar-refractivity contribution >= 4 is 24.0 Å². The van der Waals surface area contributed by atoms with Crippen molar-refractivity contribution in [1.29, 1.82) is 0 Å². The van der Waals surface area contributed by atoms with Gasteiger partial charge in [-0.1, -0.05) is 13.8 Å². The van der Waals surface area contributed by atoms with E-state index in [1.54, 1.807) is 0 Å². The minimum Gasteiger partial charge on any atom is -0.490 e. The van der Waals surface area contributed by atoms with Crippen LogP contribution >= 0.6 is 12.4 Å². The van der Waals surface area contributed by atoms with Crippen molar-refractivity contribution in [2.45, 2.75) is 58.5 Å². The molecule has 3 N–H and O–H groups in total. The highest BCUT2D eigenvalue weighted by Gasteiger charge is 2.33. The fourth-order valence-electron chi connectivity index (χ4n) is 3.03. The second kappa shape index (κ2) is 9.14. The molecule has 0 radical (unpaired) electrons. The number of benzene rings is 1. The van der Waals surface area contributed by atoms with Gasteiger partial charge in [0.05, 0.1) is 11.5 Å². The summed E-state index contributed by atoms with van der Waals surface area (Å²) in [5.41, 5.74) is 6.14. The first-order valence-electron chi connectivity index (χ1n) is 8.41. The molecule has 1 fully saturated rings. The summed E-state index contributed by atoms with van der Waals surface area (Å²) in [6, 6.07) is 7.65. The predicted molar refractivity (Wildman–Crippen MR) is 97.3 cm³/mol. The molecule has 2 rings (SSSR count). The van der Waals surface area contributed by atoms with E-state index in [1.807, 2.05) is 38.1 Å². The lowest BCUT2D eigenvalue weighted by molar-refractivity contribution is -0.125. The quantitative estimate of drug-likeness (QED) is 0.784. The highest BCUT2D eigenvalue weighted by molar-refractivity contribution is 5.95. The van der Waals surface area contributed by atoms with E-state index in [-0.39, 0.29) is 18.3 Å². The largest absolute Gasteiger partial charge is 0.490 e. The Kier molecular flexibility index (Phi) is 7.86. The Labute approximate surface area is 145 Å². The number of rotatable bonds is 7. The molecule has 4 nitrogen and oxygen atoms in total. The Morgan fingerprint density at radius 1 is 1.22 bits per heavy atom. The molecule has 0 aromatic heterocycles. The van der Waals surface area contributed by atoms with Crippen LogP contribution in [0.25, 0.3) is 0 Å². The maximum atomic E-state index is 12.5. The van der Waals surface area contributed by atoms with Gasteiger partial charge in [-0.3, -0.25) is 4.79 Å². The topological polar surface area (TPSA) is 64.4 Å². The number of nitrogens with two attached hydrogens (primary N) is 1. The van der Waals surface area contributed by atoms with Crippen molar-refractivity contribution in [3.63, 3.8) is 0 Å². The average molecular weight is 341 g/mol. The molecule has 1 amide bonds. The van der Waals surface area contributed by atoms with Gasteiger partial charge in [-0.2, -0.15) is 0 Å². The maximum Gasteiger partial charge on any atom is 0.231 e. The van der Waals surface area contributed by atoms with E-state index in [2.05, 4.69) is 5.32 Å². The smallest absolute Gasteiger partial charge is 0.231 e. The zero-order valence-electron chi connectivity index (χ0n) is 14.1. The molecule has 23 heavy (non-hydrogen) atoms. The molecule has 0 atom stereocenters. The number of nitrogens with one attached hydrogen (secondary N) is 1. The molecule has 0 spiro atoms. The first-order chi connectivity index (χ1) is 10.6. The van der Waals surface area contributed by atoms with Crippen LogP contribution in [0, 0.1) is 5.41 Å². The number of amides is 1. The van der Waals surface area contributed by atoms with Crippen LogP contribution in [0.4, 0.5) is 5.69 Å². The molecule has 5 heteroatoms. The second-order valence-electron chi connectivity index (χ2n) is 6.19. The summed E-state index contributed by atoms with van der Waals surface area (Å²) in [7, 11) is 0. The Bertz CT molecular complexity index is 472. The van der Waals surface area contributed by atoms with Crippen LogP contribution in [-0.4, -0.2) is 18.6 Å². The Hall–Kier alpha value is -1.26. The van der Waals surface area contributed by atoms with E-state index in [4.69, 9.17) is 10.5 Å². The molecule has 1 aliphatic carbocycles. The van der Waals surface area contributed by atoms with Crippen LogP contribution in [0.2, 0.25) is 0 Å². The van der Waals surface area contributed by atoms with Crippen molar-refractivity contribution in [2.75, 3.05) is 11.9 Å². The van der Waals surface area contributed by atoms with Gasteiger partial charge in [-0.05, 0) is 62.8 Å². The van der Waals surface area contributed by atoms with Gasteiger partial charge in [0.25, 0.3) is 0 Å². The van der Waals surface area contributed by atoms with Crippen LogP contribution in [0.3, 0.4) is 0 Å². The van der Waals surface area contributed by atoms with Gasteiger partial charge in [0.1, 0.15) is 5.75 Å². The molecule has 0 aliphatic heterocycles. The Morgan fingerprint density at radius 3 is 2.26 bits per heavy atom. The number of ether oxygens (including phenoxy) is 1. The third kappa shape index (κ3) is 4.85. The molecule has 0 unspecified atom stereocenters. The monoisotopic (exact) mass is 340 g/mol. The molecule has 0 heterocycles. The van der Waals surface area contributed by atoms with Crippen molar-refractivity contribution in [3.8, 4) is 5.75 Å². The average Bonchev–Trinajstić information content (AvgIpc) is 3.04. The van der Waals surface area contributed by atoms with E-state index in [1.165, 1.54) is 12.8 Å². The lowest BCUT2D eigenvalue weighted by atomic mass is 9.81. The molecule has 130 valence electrons. The van der Waals surface area contributed by atoms with Gasteiger partial charge in [-0.15, -0.1) is 12.4 Å². The second-order valence-corrected chi connectivity index (χ2v) is 6.19. The van der Waals surface area contributed by atoms with Crippen molar-refractivity contribution < 1.29 is 9.53 Å². The molecule has 1 aromatic rings. The number of hydrogen-bond acceptors (Lipinski definition) is 3. The third-order valence-corrected chi connectivity index (χ3v) is 4.94. The van der Waals surface area contributed by atoms with Gasteiger partial charge in [0.2, 0.25) is 5.91 Å². The van der Waals surface area contributed by atoms with Crippen LogP contribution in [0.5, 0.6) is 5.75 Å². The summed E-state index contributed by atoms with van der Waals surface area (Å²) in [5, 5.41) is 2.98. The van der Waals surface area contributed by atoms with Crippen LogP contribution in [-0.2, 0) is 4.79 Å². The number of carbonyl (C=O) groups excluding carboxylic acids is 1. The summed E-state index contributed by atoms with van der Waals surface area (Å²) in [6.07, 6.45) is 6.64. The lowest BCUT2D eigenvalue weighted by Gasteiger charge is -2.28. The molecule has 1 saturated carbocycles. The number of halogens is 1. The van der Waals surface area contributed by atoms with Crippen molar-refractivity contribution in [3.05, 3.63) is 24.3 Å². The van der Waals surface area contributed by atoms with E-state index in [9.17, 15) is 4.79 Å². The van der Waals surface area contributed by atoms with E-state index in [0.717, 1.165) is 37.1 Å². The predicted octanol–water partition coefficient (Wildman–Crippen LogP) is 4.13. The normalized spacial score (nSPS) is 15.1. The minimum absolute atomic E-state index is 0. The van der Waals surface area contributed by atoms with Gasteiger partial charge in [0, 0.05) is 12.2 Å². The Morgan fingerprint density at radius 2 is 1.78 bits per heavy atom. The van der Waals surface area contributed by atoms with Crippen LogP contribution < -0.4 is 15.8 Å². The van der Waals surface area contributed by atoms with Crippen molar-refractivity contribution in [1.82, 2.24) is 0 Å². The molecular formula is C18H29ClN2O2. The highest BCUT2D eigenvalue weighted by Crippen LogP contribution is 2.28. The maximum absolute atomic E-state index is 12.5. The van der Waals surface area contributed by atoms with E-state index < -0.39 is 5.41 Å². The minimum atomic E-state index is -0.473. The number of carbonyl (C=O) groups is 1. The summed E-state index contributed by atoms with van der Waals surface area (Å²) in [5.74, 6) is 0.880. The van der Waals surface area contributed by atoms with Gasteiger partial charge < -0.3 is 15.8 Å². The lowest BCUT2D eigenvalue weighted by Crippen LogP contribution is -2.41. The zero-order valence-corrected chi connectivity index (χ0v) is 15.0. The van der Waals surface area contributed by atoms with E-state index in [0.29, 0.717) is 12.6 Å². The zero-order chi connectivity index (χ0) is 16.0. The van der Waals surface area contributed by atoms with Gasteiger partial charge in [0.15, 0.2) is 0 Å². The fraction of sp³-hybridized carbons (Fsp3) is 0.611. The third-order valence-electron chi connectivity index (χ3n) is 4.94. The van der Waals surface area contributed by atoms with Gasteiger partial charge >= 0.3 is 0 Å². The number of hydrogen-bond donors (Lipinski definition) is 2. The Balaban J connectivity index is 0.00000264. The first-order valence-corrected chi connectivity index (χ1v) is 8.41.